The summed E-state index contributed by atoms with van der Waals surface area (Å²) in [6, 6.07) is 0. The highest BCUT2D eigenvalue weighted by atomic mass is 16.7. The van der Waals surface area contributed by atoms with Crippen molar-refractivity contribution in [2.45, 2.75) is 11.9 Å². The van der Waals surface area contributed by atoms with Crippen molar-refractivity contribution in [2.24, 2.45) is 0 Å². The molecule has 1 saturated heterocycles. The fraction of sp³-hybridized carbons (Fsp3) is 1.00. The van der Waals surface area contributed by atoms with Gasteiger partial charge >= 0.3 is 0 Å². The van der Waals surface area contributed by atoms with Crippen LogP contribution in [0.1, 0.15) is 0 Å². The Morgan fingerprint density at radius 3 is 2.18 bits per heavy atom. The minimum absolute atomic E-state index is 0.553. The Bertz CT molecular complexity index is 136. The zero-order valence-electron chi connectivity index (χ0n) is 7.20. The van der Waals surface area contributed by atoms with Gasteiger partial charge in [-0.2, -0.15) is 0 Å². The van der Waals surface area contributed by atoms with E-state index in [9.17, 15) is 5.11 Å². The molecule has 4 heteroatoms. The van der Waals surface area contributed by atoms with Crippen molar-refractivity contribution < 1.29 is 14.6 Å². The van der Waals surface area contributed by atoms with Crippen LogP contribution in [0.3, 0.4) is 0 Å². The molecule has 1 unspecified atom stereocenters. The summed E-state index contributed by atoms with van der Waals surface area (Å²) in [7, 11) is 5.01. The molecule has 11 heavy (non-hydrogen) atoms. The van der Waals surface area contributed by atoms with E-state index in [0.717, 1.165) is 0 Å². The van der Waals surface area contributed by atoms with E-state index in [1.165, 1.54) is 0 Å². The Morgan fingerprint density at radius 2 is 2.00 bits per heavy atom. The zero-order chi connectivity index (χ0) is 8.48. The number of aliphatic hydroxyl groups excluding tert-OH is 1. The number of ether oxygens (including phenoxy) is 2. The van der Waals surface area contributed by atoms with Gasteiger partial charge in [0.15, 0.2) is 0 Å². The van der Waals surface area contributed by atoms with Gasteiger partial charge in [-0.05, 0) is 7.05 Å². The highest BCUT2D eigenvalue weighted by molar-refractivity contribution is 4.90. The predicted octanol–water partition coefficient (Wildman–Crippen LogP) is -0.718. The molecule has 0 aromatic heterocycles. The number of likely N-dealkylation sites (tertiary alicyclic amines) is 1. The summed E-state index contributed by atoms with van der Waals surface area (Å²) in [5, 5.41) is 9.52. The van der Waals surface area contributed by atoms with Crippen LogP contribution >= 0.6 is 0 Å². The Balaban J connectivity index is 2.67. The SMILES string of the molecule is COC1(OC)CN(C)CC1O. The molecular weight excluding hydrogens is 146 g/mol. The summed E-state index contributed by atoms with van der Waals surface area (Å²) in [6.45, 7) is 1.21. The lowest BCUT2D eigenvalue weighted by atomic mass is 10.2. The summed E-state index contributed by atoms with van der Waals surface area (Å²) in [4.78, 5) is 1.97. The van der Waals surface area contributed by atoms with Crippen molar-refractivity contribution >= 4 is 0 Å². The molecule has 4 nitrogen and oxygen atoms in total. The lowest BCUT2D eigenvalue weighted by molar-refractivity contribution is -0.236. The van der Waals surface area contributed by atoms with Gasteiger partial charge in [0.1, 0.15) is 6.10 Å². The van der Waals surface area contributed by atoms with Gasteiger partial charge in [0.05, 0.1) is 6.54 Å². The number of hydrogen-bond donors (Lipinski definition) is 1. The third kappa shape index (κ3) is 1.39. The largest absolute Gasteiger partial charge is 0.386 e. The molecule has 0 aromatic rings. The molecule has 1 rings (SSSR count). The van der Waals surface area contributed by atoms with Crippen molar-refractivity contribution in [1.29, 1.82) is 0 Å². The van der Waals surface area contributed by atoms with Crippen LogP contribution in [0, 0.1) is 0 Å². The highest BCUT2D eigenvalue weighted by Crippen LogP contribution is 2.24. The van der Waals surface area contributed by atoms with Crippen molar-refractivity contribution in [3.63, 3.8) is 0 Å². The number of aliphatic hydroxyl groups is 1. The van der Waals surface area contributed by atoms with Crippen molar-refractivity contribution in [2.75, 3.05) is 34.4 Å². The summed E-state index contributed by atoms with van der Waals surface area (Å²) in [5.74, 6) is -0.811. The summed E-state index contributed by atoms with van der Waals surface area (Å²) in [5.41, 5.74) is 0. The number of methoxy groups -OCH3 is 2. The van der Waals surface area contributed by atoms with E-state index < -0.39 is 11.9 Å². The lowest BCUT2D eigenvalue weighted by Gasteiger charge is -2.28. The first-order valence-corrected chi connectivity index (χ1v) is 3.61. The lowest BCUT2D eigenvalue weighted by Crippen LogP contribution is -2.45. The molecule has 66 valence electrons. The molecule has 1 N–H and O–H groups in total. The zero-order valence-corrected chi connectivity index (χ0v) is 7.20. The van der Waals surface area contributed by atoms with Crippen molar-refractivity contribution in [3.8, 4) is 0 Å². The average Bonchev–Trinajstić information content (AvgIpc) is 2.27. The second-order valence-corrected chi connectivity index (χ2v) is 2.93. The molecule has 0 aliphatic carbocycles. The average molecular weight is 161 g/mol. The van der Waals surface area contributed by atoms with E-state index in [1.54, 1.807) is 14.2 Å². The van der Waals surface area contributed by atoms with E-state index in [-0.39, 0.29) is 0 Å². The van der Waals surface area contributed by atoms with E-state index in [4.69, 9.17) is 9.47 Å². The van der Waals surface area contributed by atoms with E-state index in [2.05, 4.69) is 0 Å². The molecular formula is C7H15NO3. The number of nitrogens with zero attached hydrogens (tertiary/aromatic N) is 1. The predicted molar refractivity (Wildman–Crippen MR) is 40.3 cm³/mol. The first-order valence-electron chi connectivity index (χ1n) is 3.61. The quantitative estimate of drug-likeness (QED) is 0.543. The minimum atomic E-state index is -0.811. The van der Waals surface area contributed by atoms with Gasteiger partial charge in [-0.15, -0.1) is 0 Å². The molecule has 1 heterocycles. The maximum absolute atomic E-state index is 9.52. The number of likely N-dealkylation sites (N-methyl/N-ethyl adjacent to an activating group) is 1. The number of hydrogen-bond acceptors (Lipinski definition) is 4. The number of rotatable bonds is 2. The topological polar surface area (TPSA) is 41.9 Å². The van der Waals surface area contributed by atoms with Gasteiger partial charge in [-0.3, -0.25) is 4.90 Å². The minimum Gasteiger partial charge on any atom is -0.386 e. The summed E-state index contributed by atoms with van der Waals surface area (Å²) >= 11 is 0. The van der Waals surface area contributed by atoms with Gasteiger partial charge in [0, 0.05) is 20.8 Å². The van der Waals surface area contributed by atoms with Crippen molar-refractivity contribution in [3.05, 3.63) is 0 Å². The van der Waals surface area contributed by atoms with Gasteiger partial charge in [0.25, 0.3) is 0 Å². The molecule has 1 aliphatic heterocycles. The third-order valence-electron chi connectivity index (χ3n) is 2.17. The number of β-amino-alcohol motifs (C(OH)–C–C–N with tert-alkyl or cyclic N) is 1. The van der Waals surface area contributed by atoms with Crippen molar-refractivity contribution in [1.82, 2.24) is 4.90 Å². The third-order valence-corrected chi connectivity index (χ3v) is 2.17. The molecule has 0 bridgehead atoms. The molecule has 0 amide bonds. The molecule has 1 atom stereocenters. The second-order valence-electron chi connectivity index (χ2n) is 2.93. The van der Waals surface area contributed by atoms with Gasteiger partial charge in [-0.25, -0.2) is 0 Å². The van der Waals surface area contributed by atoms with Crippen LogP contribution in [0.25, 0.3) is 0 Å². The maximum atomic E-state index is 9.52. The van der Waals surface area contributed by atoms with E-state index in [1.807, 2.05) is 11.9 Å². The van der Waals surface area contributed by atoms with Crippen LogP contribution in [0.4, 0.5) is 0 Å². The van der Waals surface area contributed by atoms with Crippen LogP contribution in [0.5, 0.6) is 0 Å². The first kappa shape index (κ1) is 8.93. The maximum Gasteiger partial charge on any atom is 0.208 e. The molecule has 0 radical (unpaired) electrons. The van der Waals surface area contributed by atoms with Crippen LogP contribution in [-0.4, -0.2) is 56.3 Å². The smallest absolute Gasteiger partial charge is 0.208 e. The molecule has 1 aliphatic rings. The second kappa shape index (κ2) is 3.06. The standard InChI is InChI=1S/C7H15NO3/c1-8-4-6(9)7(5-8,10-2)11-3/h6,9H,4-5H2,1-3H3. The Morgan fingerprint density at radius 1 is 1.45 bits per heavy atom. The Hall–Kier alpha value is -0.160. The molecule has 1 fully saturated rings. The molecule has 0 aromatic carbocycles. The van der Waals surface area contributed by atoms with E-state index in [0.29, 0.717) is 13.1 Å². The monoisotopic (exact) mass is 161 g/mol. The fourth-order valence-electron chi connectivity index (χ4n) is 1.46. The van der Waals surface area contributed by atoms with Gasteiger partial charge in [-0.1, -0.05) is 0 Å². The van der Waals surface area contributed by atoms with Gasteiger partial charge < -0.3 is 14.6 Å². The fourth-order valence-corrected chi connectivity index (χ4v) is 1.46. The van der Waals surface area contributed by atoms with Crippen LogP contribution < -0.4 is 0 Å². The summed E-state index contributed by atoms with van der Waals surface area (Å²) in [6.07, 6.45) is -0.553. The highest BCUT2D eigenvalue weighted by Gasteiger charge is 2.45. The first-order chi connectivity index (χ1) is 5.14. The Labute approximate surface area is 66.7 Å². The van der Waals surface area contributed by atoms with Crippen LogP contribution in [0.15, 0.2) is 0 Å². The summed E-state index contributed by atoms with van der Waals surface area (Å²) < 4.78 is 10.2. The van der Waals surface area contributed by atoms with Crippen LogP contribution in [-0.2, 0) is 9.47 Å². The van der Waals surface area contributed by atoms with Gasteiger partial charge in [0.2, 0.25) is 5.79 Å². The normalized spacial score (nSPS) is 31.1. The van der Waals surface area contributed by atoms with Crippen LogP contribution in [0.2, 0.25) is 0 Å². The molecule has 0 saturated carbocycles. The molecule has 0 spiro atoms. The Kier molecular flexibility index (Phi) is 2.49. The van der Waals surface area contributed by atoms with E-state index >= 15 is 0 Å².